The number of carbonyl (C=O) groups excluding carboxylic acids is 3. The maximum Gasteiger partial charge on any atom is 0.243 e. The van der Waals surface area contributed by atoms with Gasteiger partial charge in [0.2, 0.25) is 17.7 Å². The number of nitrogens with one attached hydrogen (secondary N) is 2. The summed E-state index contributed by atoms with van der Waals surface area (Å²) in [6.45, 7) is 4.98. The highest BCUT2D eigenvalue weighted by atomic mass is 19.1. The molecule has 0 bridgehead atoms. The van der Waals surface area contributed by atoms with Crippen LogP contribution in [0.15, 0.2) is 36.9 Å². The van der Waals surface area contributed by atoms with E-state index in [1.165, 1.54) is 19.1 Å². The van der Waals surface area contributed by atoms with Crippen LogP contribution in [0.1, 0.15) is 51.0 Å². The zero-order chi connectivity index (χ0) is 20.9. The van der Waals surface area contributed by atoms with Gasteiger partial charge in [-0.3, -0.25) is 14.4 Å². The highest BCUT2D eigenvalue weighted by molar-refractivity contribution is 5.91. The van der Waals surface area contributed by atoms with E-state index in [1.54, 1.807) is 12.1 Å². The Bertz CT molecular complexity index is 661. The molecule has 0 heterocycles. The summed E-state index contributed by atoms with van der Waals surface area (Å²) >= 11 is 0. The normalized spacial score (nSPS) is 12.6. The first-order valence-electron chi connectivity index (χ1n) is 9.55. The molecule has 1 aromatic rings. The number of benzene rings is 1. The summed E-state index contributed by atoms with van der Waals surface area (Å²) in [5.74, 6) is -1.86. The van der Waals surface area contributed by atoms with Crippen LogP contribution in [0.4, 0.5) is 4.39 Å². The minimum Gasteiger partial charge on any atom is -0.368 e. The van der Waals surface area contributed by atoms with Crippen LogP contribution in [-0.4, -0.2) is 29.8 Å². The van der Waals surface area contributed by atoms with Crippen LogP contribution in [0.2, 0.25) is 0 Å². The number of allylic oxidation sites excluding steroid dienone is 1. The van der Waals surface area contributed by atoms with Crippen molar-refractivity contribution in [2.45, 2.75) is 64.0 Å². The van der Waals surface area contributed by atoms with Crippen molar-refractivity contribution in [3.8, 4) is 0 Å². The van der Waals surface area contributed by atoms with Crippen molar-refractivity contribution >= 4 is 17.7 Å². The van der Waals surface area contributed by atoms with E-state index >= 15 is 0 Å². The van der Waals surface area contributed by atoms with Gasteiger partial charge in [0, 0.05) is 13.3 Å². The van der Waals surface area contributed by atoms with Crippen molar-refractivity contribution in [2.24, 2.45) is 5.73 Å². The molecule has 154 valence electrons. The standard InChI is InChI=1S/C21H30FN3O3/c1-3-4-5-6-7-8-9-18(20(23)27)25-21(28)19(24-15(2)26)14-16-10-12-17(22)13-11-16/h3,10-13,18-19H,1,4-9,14H2,2H3,(H2,23,27)(H,24,26)(H,25,28)/t18-,19+/m0/s1. The largest absolute Gasteiger partial charge is 0.368 e. The molecule has 0 saturated heterocycles. The van der Waals surface area contributed by atoms with E-state index in [0.717, 1.165) is 32.1 Å². The fraction of sp³-hybridized carbons (Fsp3) is 0.476. The van der Waals surface area contributed by atoms with Gasteiger partial charge in [-0.25, -0.2) is 4.39 Å². The number of halogens is 1. The molecular formula is C21H30FN3O3. The Balaban J connectivity index is 2.65. The molecule has 0 aliphatic carbocycles. The van der Waals surface area contributed by atoms with Gasteiger partial charge in [-0.05, 0) is 37.0 Å². The third-order valence-corrected chi connectivity index (χ3v) is 4.36. The van der Waals surface area contributed by atoms with Gasteiger partial charge in [-0.2, -0.15) is 0 Å². The van der Waals surface area contributed by atoms with Gasteiger partial charge in [0.1, 0.15) is 17.9 Å². The van der Waals surface area contributed by atoms with Crippen molar-refractivity contribution in [2.75, 3.05) is 0 Å². The van der Waals surface area contributed by atoms with E-state index in [9.17, 15) is 18.8 Å². The molecule has 3 amide bonds. The van der Waals surface area contributed by atoms with Gasteiger partial charge in [0.25, 0.3) is 0 Å². The fourth-order valence-electron chi connectivity index (χ4n) is 2.86. The summed E-state index contributed by atoms with van der Waals surface area (Å²) in [5.41, 5.74) is 6.11. The maximum absolute atomic E-state index is 13.1. The summed E-state index contributed by atoms with van der Waals surface area (Å²) in [5, 5.41) is 5.21. The minimum absolute atomic E-state index is 0.179. The van der Waals surface area contributed by atoms with E-state index in [1.807, 2.05) is 6.08 Å². The maximum atomic E-state index is 13.1. The van der Waals surface area contributed by atoms with Crippen LogP contribution >= 0.6 is 0 Å². The summed E-state index contributed by atoms with van der Waals surface area (Å²) < 4.78 is 13.1. The monoisotopic (exact) mass is 391 g/mol. The summed E-state index contributed by atoms with van der Waals surface area (Å²) in [6.07, 6.45) is 7.20. The molecule has 0 unspecified atom stereocenters. The molecule has 4 N–H and O–H groups in total. The van der Waals surface area contributed by atoms with E-state index in [2.05, 4.69) is 17.2 Å². The molecule has 2 atom stereocenters. The average Bonchev–Trinajstić information content (AvgIpc) is 2.64. The lowest BCUT2D eigenvalue weighted by Gasteiger charge is -2.21. The Hall–Kier alpha value is -2.70. The van der Waals surface area contributed by atoms with Gasteiger partial charge in [0.05, 0.1) is 0 Å². The molecule has 0 radical (unpaired) electrons. The van der Waals surface area contributed by atoms with Crippen LogP contribution in [-0.2, 0) is 20.8 Å². The number of unbranched alkanes of at least 4 members (excludes halogenated alkanes) is 4. The number of hydrogen-bond acceptors (Lipinski definition) is 3. The smallest absolute Gasteiger partial charge is 0.243 e. The van der Waals surface area contributed by atoms with Gasteiger partial charge < -0.3 is 16.4 Å². The topological polar surface area (TPSA) is 101 Å². The Morgan fingerprint density at radius 1 is 1.07 bits per heavy atom. The molecule has 0 spiro atoms. The molecule has 0 saturated carbocycles. The Kier molecular flexibility index (Phi) is 10.5. The lowest BCUT2D eigenvalue weighted by atomic mass is 10.0. The molecule has 0 aliphatic heterocycles. The quantitative estimate of drug-likeness (QED) is 0.355. The van der Waals surface area contributed by atoms with E-state index < -0.39 is 23.9 Å². The zero-order valence-corrected chi connectivity index (χ0v) is 16.4. The zero-order valence-electron chi connectivity index (χ0n) is 16.4. The van der Waals surface area contributed by atoms with Gasteiger partial charge in [-0.15, -0.1) is 6.58 Å². The highest BCUT2D eigenvalue weighted by Gasteiger charge is 2.25. The molecule has 7 heteroatoms. The van der Waals surface area contributed by atoms with Crippen molar-refractivity contribution in [3.63, 3.8) is 0 Å². The summed E-state index contributed by atoms with van der Waals surface area (Å²) in [7, 11) is 0. The van der Waals surface area contributed by atoms with E-state index in [0.29, 0.717) is 12.0 Å². The first kappa shape index (κ1) is 23.3. The molecule has 28 heavy (non-hydrogen) atoms. The van der Waals surface area contributed by atoms with Crippen LogP contribution in [0, 0.1) is 5.82 Å². The van der Waals surface area contributed by atoms with E-state index in [-0.39, 0.29) is 18.1 Å². The first-order chi connectivity index (χ1) is 13.3. The van der Waals surface area contributed by atoms with Crippen LogP contribution < -0.4 is 16.4 Å². The number of amides is 3. The summed E-state index contributed by atoms with van der Waals surface area (Å²) in [6, 6.07) is 4.00. The van der Waals surface area contributed by atoms with Crippen LogP contribution in [0.5, 0.6) is 0 Å². The number of primary amides is 1. The van der Waals surface area contributed by atoms with Crippen LogP contribution in [0.25, 0.3) is 0 Å². The van der Waals surface area contributed by atoms with Crippen molar-refractivity contribution in [1.29, 1.82) is 0 Å². The number of hydrogen-bond donors (Lipinski definition) is 3. The molecule has 1 aromatic carbocycles. The Morgan fingerprint density at radius 2 is 1.71 bits per heavy atom. The predicted molar refractivity (Wildman–Crippen MR) is 107 cm³/mol. The molecule has 6 nitrogen and oxygen atoms in total. The van der Waals surface area contributed by atoms with Crippen LogP contribution in [0.3, 0.4) is 0 Å². The highest BCUT2D eigenvalue weighted by Crippen LogP contribution is 2.10. The van der Waals surface area contributed by atoms with E-state index in [4.69, 9.17) is 5.73 Å². The third-order valence-electron chi connectivity index (χ3n) is 4.36. The Labute approximate surface area is 165 Å². The van der Waals surface area contributed by atoms with Crippen molar-refractivity contribution < 1.29 is 18.8 Å². The van der Waals surface area contributed by atoms with Crippen molar-refractivity contribution in [3.05, 3.63) is 48.3 Å². The van der Waals surface area contributed by atoms with Gasteiger partial charge in [0.15, 0.2) is 0 Å². The second kappa shape index (κ2) is 12.6. The minimum atomic E-state index is -0.877. The molecule has 0 aromatic heterocycles. The molecule has 1 rings (SSSR count). The van der Waals surface area contributed by atoms with Gasteiger partial charge in [-0.1, -0.05) is 37.5 Å². The Morgan fingerprint density at radius 3 is 2.29 bits per heavy atom. The lowest BCUT2D eigenvalue weighted by molar-refractivity contribution is -0.130. The third kappa shape index (κ3) is 9.30. The van der Waals surface area contributed by atoms with Gasteiger partial charge >= 0.3 is 0 Å². The van der Waals surface area contributed by atoms with Crippen molar-refractivity contribution in [1.82, 2.24) is 10.6 Å². The SMILES string of the molecule is C=CCCCCCC[C@H](NC(=O)[C@@H](Cc1ccc(F)cc1)NC(C)=O)C(N)=O. The predicted octanol–water partition coefficient (Wildman–Crippen LogP) is 2.37. The molecular weight excluding hydrogens is 361 g/mol. The number of nitrogens with two attached hydrogens (primary N) is 1. The first-order valence-corrected chi connectivity index (χ1v) is 9.55. The summed E-state index contributed by atoms with van der Waals surface area (Å²) in [4.78, 5) is 35.8. The number of carbonyl (C=O) groups is 3. The molecule has 0 aliphatic rings. The fourth-order valence-corrected chi connectivity index (χ4v) is 2.86. The molecule has 0 fully saturated rings. The lowest BCUT2D eigenvalue weighted by Crippen LogP contribution is -2.53. The second-order valence-electron chi connectivity index (χ2n) is 6.83. The average molecular weight is 391 g/mol. The second-order valence-corrected chi connectivity index (χ2v) is 6.83. The number of rotatable bonds is 13.